The second kappa shape index (κ2) is 6.29. The summed E-state index contributed by atoms with van der Waals surface area (Å²) in [5.74, 6) is -0.219. The number of carbonyl (C=O) groups excluding carboxylic acids is 1. The topological polar surface area (TPSA) is 72.2 Å². The Labute approximate surface area is 123 Å². The van der Waals surface area contributed by atoms with Gasteiger partial charge < -0.3 is 5.32 Å². The molecule has 2 aromatic rings. The van der Waals surface area contributed by atoms with Crippen molar-refractivity contribution in [1.29, 1.82) is 0 Å². The Hall–Kier alpha value is -2.21. The number of carbonyl (C=O) groups is 1. The molecule has 6 heteroatoms. The number of benzene rings is 2. The Morgan fingerprint density at radius 3 is 2.65 bits per heavy atom. The Morgan fingerprint density at radius 2 is 1.95 bits per heavy atom. The average molecular weight is 335 g/mol. The molecule has 0 saturated heterocycles. The summed E-state index contributed by atoms with van der Waals surface area (Å²) in [4.78, 5) is 22.1. The molecule has 0 bridgehead atoms. The van der Waals surface area contributed by atoms with Gasteiger partial charge in [0.1, 0.15) is 0 Å². The van der Waals surface area contributed by atoms with Crippen LogP contribution in [0.2, 0.25) is 0 Å². The number of anilines is 1. The molecule has 0 fully saturated rings. The number of halogens is 1. The summed E-state index contributed by atoms with van der Waals surface area (Å²) < 4.78 is 0.866. The maximum absolute atomic E-state index is 11.9. The Morgan fingerprint density at radius 1 is 1.20 bits per heavy atom. The average Bonchev–Trinajstić information content (AvgIpc) is 2.38. The van der Waals surface area contributed by atoms with E-state index in [2.05, 4.69) is 21.2 Å². The van der Waals surface area contributed by atoms with Gasteiger partial charge in [0.15, 0.2) is 0 Å². The number of amides is 1. The van der Waals surface area contributed by atoms with Gasteiger partial charge in [-0.25, -0.2) is 0 Å². The fourth-order valence-electron chi connectivity index (χ4n) is 1.74. The third-order valence-corrected chi connectivity index (χ3v) is 3.09. The van der Waals surface area contributed by atoms with Crippen molar-refractivity contribution in [1.82, 2.24) is 0 Å². The van der Waals surface area contributed by atoms with Crippen LogP contribution < -0.4 is 5.32 Å². The quantitative estimate of drug-likeness (QED) is 0.686. The number of nitrogens with one attached hydrogen (secondary N) is 1. The van der Waals surface area contributed by atoms with E-state index in [0.29, 0.717) is 11.3 Å². The van der Waals surface area contributed by atoms with Crippen LogP contribution in [0.5, 0.6) is 0 Å². The van der Waals surface area contributed by atoms with Gasteiger partial charge in [-0.05, 0) is 23.8 Å². The highest BCUT2D eigenvalue weighted by Crippen LogP contribution is 2.17. The fraction of sp³-hybridized carbons (Fsp3) is 0.0714. The number of nitrogens with zero attached hydrogens (tertiary/aromatic N) is 1. The van der Waals surface area contributed by atoms with E-state index < -0.39 is 4.92 Å². The summed E-state index contributed by atoms with van der Waals surface area (Å²) in [7, 11) is 0. The van der Waals surface area contributed by atoms with Crippen molar-refractivity contribution in [3.05, 3.63) is 68.7 Å². The van der Waals surface area contributed by atoms with Crippen LogP contribution in [0.15, 0.2) is 53.0 Å². The number of rotatable bonds is 4. The number of nitro benzene ring substituents is 1. The lowest BCUT2D eigenvalue weighted by Crippen LogP contribution is -2.14. The van der Waals surface area contributed by atoms with E-state index in [0.717, 1.165) is 4.47 Å². The summed E-state index contributed by atoms with van der Waals surface area (Å²) in [5, 5.41) is 13.4. The van der Waals surface area contributed by atoms with Gasteiger partial charge in [-0.15, -0.1) is 0 Å². The minimum absolute atomic E-state index is 0.0160. The van der Waals surface area contributed by atoms with E-state index in [-0.39, 0.29) is 18.0 Å². The van der Waals surface area contributed by atoms with Crippen LogP contribution >= 0.6 is 15.9 Å². The first kappa shape index (κ1) is 14.2. The minimum Gasteiger partial charge on any atom is -0.326 e. The molecule has 0 aromatic heterocycles. The van der Waals surface area contributed by atoms with Crippen molar-refractivity contribution in [2.75, 3.05) is 5.32 Å². The molecule has 0 radical (unpaired) electrons. The first-order chi connectivity index (χ1) is 9.54. The summed E-state index contributed by atoms with van der Waals surface area (Å²) in [6, 6.07) is 13.3. The molecule has 0 atom stereocenters. The molecule has 0 saturated carbocycles. The highest BCUT2D eigenvalue weighted by Gasteiger charge is 2.09. The number of hydrogen-bond donors (Lipinski definition) is 1. The van der Waals surface area contributed by atoms with E-state index in [1.165, 1.54) is 12.1 Å². The highest BCUT2D eigenvalue weighted by molar-refractivity contribution is 9.10. The van der Waals surface area contributed by atoms with Crippen LogP contribution in [0.1, 0.15) is 5.56 Å². The zero-order chi connectivity index (χ0) is 14.5. The molecule has 0 aliphatic heterocycles. The van der Waals surface area contributed by atoms with Crippen LogP contribution in [0.4, 0.5) is 11.4 Å². The summed E-state index contributed by atoms with van der Waals surface area (Å²) >= 11 is 3.32. The molecule has 2 rings (SSSR count). The Kier molecular flexibility index (Phi) is 4.47. The molecule has 5 nitrogen and oxygen atoms in total. The van der Waals surface area contributed by atoms with E-state index in [9.17, 15) is 14.9 Å². The van der Waals surface area contributed by atoms with Gasteiger partial charge in [-0.3, -0.25) is 14.9 Å². The van der Waals surface area contributed by atoms with Crippen molar-refractivity contribution in [3.8, 4) is 0 Å². The largest absolute Gasteiger partial charge is 0.326 e. The molecule has 1 amide bonds. The molecule has 1 N–H and O–H groups in total. The maximum atomic E-state index is 11.9. The zero-order valence-electron chi connectivity index (χ0n) is 10.4. The predicted molar refractivity (Wildman–Crippen MR) is 79.6 cm³/mol. The van der Waals surface area contributed by atoms with E-state index >= 15 is 0 Å². The molecular weight excluding hydrogens is 324 g/mol. The van der Waals surface area contributed by atoms with Gasteiger partial charge in [-0.2, -0.15) is 0 Å². The maximum Gasteiger partial charge on any atom is 0.269 e. The normalized spacial score (nSPS) is 10.1. The van der Waals surface area contributed by atoms with Gasteiger partial charge in [-0.1, -0.05) is 34.1 Å². The SMILES string of the molecule is O=C(Cc1cccc([N+](=O)[O-])c1)Nc1cccc(Br)c1. The monoisotopic (exact) mass is 334 g/mol. The molecule has 0 aliphatic rings. The third-order valence-electron chi connectivity index (χ3n) is 2.59. The van der Waals surface area contributed by atoms with E-state index in [1.807, 2.05) is 12.1 Å². The van der Waals surface area contributed by atoms with Gasteiger partial charge in [0.05, 0.1) is 11.3 Å². The van der Waals surface area contributed by atoms with Crippen molar-refractivity contribution < 1.29 is 9.72 Å². The molecule has 0 heterocycles. The Balaban J connectivity index is 2.04. The molecular formula is C14H11BrN2O3. The van der Waals surface area contributed by atoms with E-state index in [4.69, 9.17) is 0 Å². The van der Waals surface area contributed by atoms with Crippen LogP contribution in [-0.2, 0) is 11.2 Å². The molecule has 2 aromatic carbocycles. The van der Waals surface area contributed by atoms with Crippen LogP contribution in [0, 0.1) is 10.1 Å². The lowest BCUT2D eigenvalue weighted by molar-refractivity contribution is -0.384. The summed E-state index contributed by atoms with van der Waals surface area (Å²) in [6.07, 6.45) is 0.0915. The number of non-ortho nitro benzene ring substituents is 1. The first-order valence-corrected chi connectivity index (χ1v) is 6.62. The molecule has 102 valence electrons. The molecule has 0 aliphatic carbocycles. The fourth-order valence-corrected chi connectivity index (χ4v) is 2.14. The Bertz CT molecular complexity index is 658. The highest BCUT2D eigenvalue weighted by atomic mass is 79.9. The van der Waals surface area contributed by atoms with Gasteiger partial charge in [0, 0.05) is 22.3 Å². The van der Waals surface area contributed by atoms with Crippen molar-refractivity contribution >= 4 is 33.2 Å². The summed E-state index contributed by atoms with van der Waals surface area (Å²) in [5.41, 5.74) is 1.26. The van der Waals surface area contributed by atoms with Crippen molar-refractivity contribution in [2.45, 2.75) is 6.42 Å². The number of nitro groups is 1. The minimum atomic E-state index is -0.476. The van der Waals surface area contributed by atoms with Crippen molar-refractivity contribution in [3.63, 3.8) is 0 Å². The van der Waals surface area contributed by atoms with Crippen LogP contribution in [0.3, 0.4) is 0 Å². The van der Waals surface area contributed by atoms with Crippen LogP contribution in [0.25, 0.3) is 0 Å². The second-order valence-corrected chi connectivity index (χ2v) is 5.08. The zero-order valence-corrected chi connectivity index (χ0v) is 12.0. The standard InChI is InChI=1S/C14H11BrN2O3/c15-11-4-2-5-12(9-11)16-14(18)8-10-3-1-6-13(7-10)17(19)20/h1-7,9H,8H2,(H,16,18). The van der Waals surface area contributed by atoms with Crippen LogP contribution in [-0.4, -0.2) is 10.8 Å². The third kappa shape index (κ3) is 3.89. The lowest BCUT2D eigenvalue weighted by Gasteiger charge is -2.05. The van der Waals surface area contributed by atoms with Gasteiger partial charge in [0.25, 0.3) is 5.69 Å². The summed E-state index contributed by atoms with van der Waals surface area (Å²) in [6.45, 7) is 0. The smallest absolute Gasteiger partial charge is 0.269 e. The van der Waals surface area contributed by atoms with Gasteiger partial charge in [0.2, 0.25) is 5.91 Å². The molecule has 0 spiro atoms. The lowest BCUT2D eigenvalue weighted by atomic mass is 10.1. The van der Waals surface area contributed by atoms with E-state index in [1.54, 1.807) is 24.3 Å². The predicted octanol–water partition coefficient (Wildman–Crippen LogP) is 3.54. The number of hydrogen-bond acceptors (Lipinski definition) is 3. The second-order valence-electron chi connectivity index (χ2n) is 4.16. The first-order valence-electron chi connectivity index (χ1n) is 5.83. The van der Waals surface area contributed by atoms with Gasteiger partial charge >= 0.3 is 0 Å². The molecule has 0 unspecified atom stereocenters. The van der Waals surface area contributed by atoms with Crippen molar-refractivity contribution in [2.24, 2.45) is 0 Å². The molecule has 20 heavy (non-hydrogen) atoms.